The lowest BCUT2D eigenvalue weighted by atomic mass is 10.1. The quantitative estimate of drug-likeness (QED) is 0.249. The van der Waals surface area contributed by atoms with E-state index in [1.807, 2.05) is 44.4 Å². The van der Waals surface area contributed by atoms with Gasteiger partial charge in [0.1, 0.15) is 23.0 Å². The summed E-state index contributed by atoms with van der Waals surface area (Å²) in [6, 6.07) is 23.0. The maximum absolute atomic E-state index is 12.8. The van der Waals surface area contributed by atoms with Crippen LogP contribution < -0.4 is 24.4 Å². The number of carbonyl (C=O) groups excluding carboxylic acids is 1. The molecule has 7 nitrogen and oxygen atoms in total. The molecule has 0 bridgehead atoms. The minimum absolute atomic E-state index is 0.219. The molecule has 1 heterocycles. The second-order valence-electron chi connectivity index (χ2n) is 8.85. The van der Waals surface area contributed by atoms with E-state index in [1.54, 1.807) is 45.6 Å². The van der Waals surface area contributed by atoms with E-state index in [0.29, 0.717) is 35.1 Å². The maximum atomic E-state index is 12.8. The highest BCUT2D eigenvalue weighted by Gasteiger charge is 2.17. The Kier molecular flexibility index (Phi) is 8.38. The highest BCUT2D eigenvalue weighted by molar-refractivity contribution is 6.02. The fourth-order valence-electron chi connectivity index (χ4n) is 3.97. The SMILES string of the molecule is COc1cc(OC)c(Cc2ccc(C(=O)Nc3ccc(C=Cc4ccc(N(C)C)cc4)cc3)o2)c(OC)c1. The summed E-state index contributed by atoms with van der Waals surface area (Å²) in [4.78, 5) is 14.9. The number of benzene rings is 3. The molecule has 1 amide bonds. The van der Waals surface area contributed by atoms with E-state index in [-0.39, 0.29) is 11.7 Å². The van der Waals surface area contributed by atoms with Gasteiger partial charge in [-0.2, -0.15) is 0 Å². The van der Waals surface area contributed by atoms with Crippen molar-refractivity contribution in [1.82, 2.24) is 0 Å². The standard InChI is InChI=1S/C31H32N2O5/c1-33(2)24-14-10-22(11-15-24)7-6-21-8-12-23(13-9-21)32-31(34)28-17-16-25(38-28)18-27-29(36-4)19-26(35-3)20-30(27)37-5/h6-17,19-20H,18H2,1-5H3,(H,32,34). The van der Waals surface area contributed by atoms with Gasteiger partial charge in [-0.15, -0.1) is 0 Å². The molecule has 1 N–H and O–H groups in total. The van der Waals surface area contributed by atoms with Crippen molar-refractivity contribution >= 4 is 29.4 Å². The molecule has 196 valence electrons. The van der Waals surface area contributed by atoms with Crippen molar-refractivity contribution in [2.45, 2.75) is 6.42 Å². The Morgan fingerprint density at radius 1 is 0.816 bits per heavy atom. The van der Waals surface area contributed by atoms with Gasteiger partial charge in [-0.25, -0.2) is 0 Å². The molecule has 0 spiro atoms. The Morgan fingerprint density at radius 3 is 1.92 bits per heavy atom. The summed E-state index contributed by atoms with van der Waals surface area (Å²) in [5.74, 6) is 2.36. The van der Waals surface area contributed by atoms with Crippen molar-refractivity contribution in [3.63, 3.8) is 0 Å². The zero-order valence-corrected chi connectivity index (χ0v) is 22.3. The largest absolute Gasteiger partial charge is 0.496 e. The normalized spacial score (nSPS) is 10.9. The number of methoxy groups -OCH3 is 3. The van der Waals surface area contributed by atoms with Crippen LogP contribution in [-0.4, -0.2) is 41.3 Å². The second kappa shape index (κ2) is 12.1. The molecule has 0 atom stereocenters. The number of anilines is 2. The summed E-state index contributed by atoms with van der Waals surface area (Å²) >= 11 is 0. The molecular formula is C31H32N2O5. The van der Waals surface area contributed by atoms with Gasteiger partial charge in [0.05, 0.1) is 21.3 Å². The molecule has 0 aliphatic rings. The number of furan rings is 1. The fourth-order valence-corrected chi connectivity index (χ4v) is 3.97. The van der Waals surface area contributed by atoms with E-state index in [1.165, 1.54) is 0 Å². The summed E-state index contributed by atoms with van der Waals surface area (Å²) in [5.41, 5.74) is 4.79. The van der Waals surface area contributed by atoms with Crippen molar-refractivity contribution < 1.29 is 23.4 Å². The van der Waals surface area contributed by atoms with Gasteiger partial charge < -0.3 is 28.8 Å². The van der Waals surface area contributed by atoms with E-state index in [2.05, 4.69) is 40.6 Å². The molecular weight excluding hydrogens is 480 g/mol. The van der Waals surface area contributed by atoms with Crippen LogP contribution in [-0.2, 0) is 6.42 Å². The van der Waals surface area contributed by atoms with Crippen LogP contribution in [0.15, 0.2) is 77.2 Å². The highest BCUT2D eigenvalue weighted by Crippen LogP contribution is 2.36. The van der Waals surface area contributed by atoms with Crippen LogP contribution in [0, 0.1) is 0 Å². The van der Waals surface area contributed by atoms with Gasteiger partial charge in [-0.3, -0.25) is 4.79 Å². The van der Waals surface area contributed by atoms with Crippen molar-refractivity contribution in [3.05, 3.63) is 101 Å². The topological polar surface area (TPSA) is 73.2 Å². The molecule has 3 aromatic carbocycles. The molecule has 0 fully saturated rings. The van der Waals surface area contributed by atoms with Crippen molar-refractivity contribution in [3.8, 4) is 17.2 Å². The predicted molar refractivity (Wildman–Crippen MR) is 152 cm³/mol. The van der Waals surface area contributed by atoms with Crippen LogP contribution in [0.5, 0.6) is 17.2 Å². The smallest absolute Gasteiger partial charge is 0.291 e. The van der Waals surface area contributed by atoms with Crippen LogP contribution in [0.3, 0.4) is 0 Å². The molecule has 0 saturated carbocycles. The van der Waals surface area contributed by atoms with E-state index >= 15 is 0 Å². The molecule has 0 aliphatic heterocycles. The molecule has 4 rings (SSSR count). The number of ether oxygens (including phenoxy) is 3. The van der Waals surface area contributed by atoms with Crippen molar-refractivity contribution in [1.29, 1.82) is 0 Å². The lowest BCUT2D eigenvalue weighted by Gasteiger charge is -2.14. The molecule has 7 heteroatoms. The average molecular weight is 513 g/mol. The van der Waals surface area contributed by atoms with Crippen LogP contribution >= 0.6 is 0 Å². The lowest BCUT2D eigenvalue weighted by Crippen LogP contribution is -2.10. The molecule has 38 heavy (non-hydrogen) atoms. The van der Waals surface area contributed by atoms with E-state index in [4.69, 9.17) is 18.6 Å². The number of carbonyl (C=O) groups is 1. The summed E-state index contributed by atoms with van der Waals surface area (Å²) in [5, 5.41) is 2.89. The van der Waals surface area contributed by atoms with Gasteiger partial charge >= 0.3 is 0 Å². The fraction of sp³-hybridized carbons (Fsp3) is 0.194. The van der Waals surface area contributed by atoms with Crippen LogP contribution in [0.4, 0.5) is 11.4 Å². The number of nitrogens with zero attached hydrogens (tertiary/aromatic N) is 1. The van der Waals surface area contributed by atoms with Crippen LogP contribution in [0.2, 0.25) is 0 Å². The third-order valence-corrected chi connectivity index (χ3v) is 6.10. The van der Waals surface area contributed by atoms with Gasteiger partial charge in [0.2, 0.25) is 0 Å². The monoisotopic (exact) mass is 512 g/mol. The molecule has 0 unspecified atom stereocenters. The Morgan fingerprint density at radius 2 is 1.39 bits per heavy atom. The first-order chi connectivity index (χ1) is 18.4. The maximum Gasteiger partial charge on any atom is 0.291 e. The second-order valence-corrected chi connectivity index (χ2v) is 8.85. The Labute approximate surface area is 223 Å². The Balaban J connectivity index is 1.39. The van der Waals surface area contributed by atoms with E-state index in [9.17, 15) is 4.79 Å². The average Bonchev–Trinajstić information content (AvgIpc) is 3.41. The summed E-state index contributed by atoms with van der Waals surface area (Å²) < 4.78 is 22.2. The lowest BCUT2D eigenvalue weighted by molar-refractivity contribution is 0.0995. The van der Waals surface area contributed by atoms with Gasteiger partial charge in [0.15, 0.2) is 5.76 Å². The van der Waals surface area contributed by atoms with Crippen LogP contribution in [0.1, 0.15) is 33.0 Å². The van der Waals surface area contributed by atoms with Crippen molar-refractivity contribution in [2.75, 3.05) is 45.6 Å². The minimum atomic E-state index is -0.325. The molecule has 4 aromatic rings. The van der Waals surface area contributed by atoms with Crippen molar-refractivity contribution in [2.24, 2.45) is 0 Å². The predicted octanol–water partition coefficient (Wildman–Crippen LogP) is 6.38. The zero-order valence-electron chi connectivity index (χ0n) is 22.3. The highest BCUT2D eigenvalue weighted by atomic mass is 16.5. The first-order valence-corrected chi connectivity index (χ1v) is 12.1. The minimum Gasteiger partial charge on any atom is -0.496 e. The Hall–Kier alpha value is -4.65. The molecule has 0 saturated heterocycles. The first-order valence-electron chi connectivity index (χ1n) is 12.1. The number of nitrogens with one attached hydrogen (secondary N) is 1. The van der Waals surface area contributed by atoms with E-state index in [0.717, 1.165) is 22.4 Å². The first kappa shape index (κ1) is 26.4. The molecule has 0 aliphatic carbocycles. The summed E-state index contributed by atoms with van der Waals surface area (Å²) in [6.45, 7) is 0. The number of hydrogen-bond acceptors (Lipinski definition) is 6. The Bertz CT molecular complexity index is 1380. The third kappa shape index (κ3) is 6.37. The summed E-state index contributed by atoms with van der Waals surface area (Å²) in [7, 11) is 8.80. The number of rotatable bonds is 10. The summed E-state index contributed by atoms with van der Waals surface area (Å²) in [6.07, 6.45) is 4.49. The van der Waals surface area contributed by atoms with Crippen LogP contribution in [0.25, 0.3) is 12.2 Å². The molecule has 1 aromatic heterocycles. The van der Waals surface area contributed by atoms with Gasteiger partial charge in [-0.1, -0.05) is 36.4 Å². The zero-order chi connectivity index (χ0) is 27.1. The number of amides is 1. The van der Waals surface area contributed by atoms with Gasteiger partial charge in [0, 0.05) is 49.6 Å². The number of hydrogen-bond donors (Lipinski definition) is 1. The van der Waals surface area contributed by atoms with Gasteiger partial charge in [0.25, 0.3) is 5.91 Å². The third-order valence-electron chi connectivity index (χ3n) is 6.10. The molecule has 0 radical (unpaired) electrons. The van der Waals surface area contributed by atoms with E-state index < -0.39 is 0 Å². The van der Waals surface area contributed by atoms with Gasteiger partial charge in [-0.05, 0) is 47.5 Å².